The molecular formula is C21H26BFOPSTl. The summed E-state index contributed by atoms with van der Waals surface area (Å²) in [6, 6.07) is 9.17. The van der Waals surface area contributed by atoms with Gasteiger partial charge in [-0.05, 0) is 52.6 Å². The fraction of sp³-hybridized carbons (Fsp3) is 0.429. The molecule has 0 aliphatic carbocycles. The van der Waals surface area contributed by atoms with Crippen LogP contribution >= 0.6 is 19.2 Å². The Kier molecular flexibility index (Phi) is 10.3. The zero-order chi connectivity index (χ0) is 19.3. The maximum Gasteiger partial charge on any atom is 0.149 e. The van der Waals surface area contributed by atoms with E-state index >= 15 is 0 Å². The molecule has 0 spiro atoms. The molecule has 0 aliphatic rings. The Balaban J connectivity index is 0.00000364. The van der Waals surface area contributed by atoms with E-state index in [1.807, 2.05) is 32.3 Å². The molecule has 0 amide bonds. The van der Waals surface area contributed by atoms with Crippen molar-refractivity contribution in [2.24, 2.45) is 11.3 Å². The molecule has 140 valence electrons. The van der Waals surface area contributed by atoms with Gasteiger partial charge in [0.25, 0.3) is 0 Å². The van der Waals surface area contributed by atoms with Crippen LogP contribution in [0, 0.1) is 28.3 Å². The van der Waals surface area contributed by atoms with Crippen LogP contribution in [0.4, 0.5) is 4.39 Å². The second kappa shape index (κ2) is 11.2. The van der Waals surface area contributed by atoms with Crippen molar-refractivity contribution in [2.75, 3.05) is 0 Å². The first-order valence-electron chi connectivity index (χ1n) is 8.93. The summed E-state index contributed by atoms with van der Waals surface area (Å²) >= 11 is 1.38. The Morgan fingerprint density at radius 1 is 1.30 bits per heavy atom. The largest absolute Gasteiger partial charge is 0.387 e. The summed E-state index contributed by atoms with van der Waals surface area (Å²) in [7, 11) is 2.22. The molecule has 2 rings (SSSR count). The van der Waals surface area contributed by atoms with E-state index in [2.05, 4.69) is 38.9 Å². The number of halogens is 1. The quantitative estimate of drug-likeness (QED) is 0.290. The van der Waals surface area contributed by atoms with Gasteiger partial charge in [0, 0.05) is 27.3 Å². The van der Waals surface area contributed by atoms with Gasteiger partial charge in [-0.25, -0.2) is 4.39 Å². The normalized spacial score (nSPS) is 13.7. The third-order valence-corrected chi connectivity index (χ3v) is 7.94. The average molecular weight is 592 g/mol. The summed E-state index contributed by atoms with van der Waals surface area (Å²) in [6.07, 6.45) is 1.03. The first-order valence-corrected chi connectivity index (χ1v) is 11.6. The van der Waals surface area contributed by atoms with Gasteiger partial charge in [0.1, 0.15) is 13.1 Å². The molecule has 3 atom stereocenters. The minimum absolute atomic E-state index is 0. The molecular weight excluding hydrogens is 565 g/mol. The van der Waals surface area contributed by atoms with Crippen LogP contribution in [0.25, 0.3) is 10.8 Å². The summed E-state index contributed by atoms with van der Waals surface area (Å²) in [5, 5.41) is 15.4. The first kappa shape index (κ1) is 25.0. The smallest absolute Gasteiger partial charge is 0.149 e. The molecule has 0 aromatic heterocycles. The SMILES string of the molecule is C[B]c1cccc2ccc(F)c(C#CSPC(O)C(C)(C)C(C)CC)c12.[Tl]. The van der Waals surface area contributed by atoms with Gasteiger partial charge in [-0.1, -0.05) is 76.6 Å². The molecule has 27 heavy (non-hydrogen) atoms. The van der Waals surface area contributed by atoms with E-state index in [1.54, 1.807) is 6.07 Å². The summed E-state index contributed by atoms with van der Waals surface area (Å²) in [4.78, 5) is 0. The minimum atomic E-state index is -0.423. The van der Waals surface area contributed by atoms with Crippen molar-refractivity contribution in [1.82, 2.24) is 0 Å². The van der Waals surface area contributed by atoms with Crippen LogP contribution in [-0.4, -0.2) is 45.5 Å². The van der Waals surface area contributed by atoms with Gasteiger partial charge in [-0.3, -0.25) is 0 Å². The zero-order valence-electron chi connectivity index (χ0n) is 16.6. The first-order chi connectivity index (χ1) is 12.3. The fourth-order valence-electron chi connectivity index (χ4n) is 2.85. The Morgan fingerprint density at radius 2 is 2.00 bits per heavy atom. The molecule has 0 saturated heterocycles. The van der Waals surface area contributed by atoms with Crippen molar-refractivity contribution in [2.45, 2.75) is 46.8 Å². The monoisotopic (exact) mass is 592 g/mol. The Bertz CT molecular complexity index is 834. The minimum Gasteiger partial charge on any atom is -0.387 e. The zero-order valence-corrected chi connectivity index (χ0v) is 22.9. The second-order valence-corrected chi connectivity index (χ2v) is 9.65. The van der Waals surface area contributed by atoms with E-state index in [-0.39, 0.29) is 46.3 Å². The number of hydrogen-bond acceptors (Lipinski definition) is 2. The van der Waals surface area contributed by atoms with Crippen molar-refractivity contribution in [3.8, 4) is 11.2 Å². The van der Waals surface area contributed by atoms with Crippen LogP contribution in [0.1, 0.15) is 39.7 Å². The Hall–Kier alpha value is -0.0830. The number of hydrogen-bond donors (Lipinski definition) is 1. The van der Waals surface area contributed by atoms with Gasteiger partial charge in [0.2, 0.25) is 0 Å². The maximum atomic E-state index is 14.4. The summed E-state index contributed by atoms with van der Waals surface area (Å²) in [6.45, 7) is 10.4. The van der Waals surface area contributed by atoms with Crippen LogP contribution in [0.3, 0.4) is 0 Å². The number of aliphatic hydroxyl groups excluding tert-OH is 1. The van der Waals surface area contributed by atoms with Crippen molar-refractivity contribution in [3.63, 3.8) is 0 Å². The number of benzene rings is 2. The van der Waals surface area contributed by atoms with Gasteiger partial charge < -0.3 is 5.11 Å². The Morgan fingerprint density at radius 3 is 2.63 bits per heavy atom. The van der Waals surface area contributed by atoms with Gasteiger partial charge in [0.05, 0.1) is 11.4 Å². The van der Waals surface area contributed by atoms with E-state index in [0.29, 0.717) is 11.5 Å². The van der Waals surface area contributed by atoms with Gasteiger partial charge >= 0.3 is 0 Å². The molecule has 0 bridgehead atoms. The molecule has 2 aromatic rings. The van der Waals surface area contributed by atoms with Crippen LogP contribution in [0.2, 0.25) is 6.82 Å². The van der Waals surface area contributed by atoms with Crippen molar-refractivity contribution in [1.29, 1.82) is 0 Å². The van der Waals surface area contributed by atoms with Crippen molar-refractivity contribution < 1.29 is 9.50 Å². The van der Waals surface area contributed by atoms with Crippen LogP contribution in [-0.2, 0) is 0 Å². The molecule has 2 aromatic carbocycles. The van der Waals surface area contributed by atoms with E-state index in [4.69, 9.17) is 0 Å². The molecule has 0 saturated carbocycles. The Labute approximate surface area is 189 Å². The molecule has 2 radical (unpaired) electrons. The van der Waals surface area contributed by atoms with Gasteiger partial charge in [-0.15, -0.1) is 0 Å². The van der Waals surface area contributed by atoms with Crippen molar-refractivity contribution in [3.05, 3.63) is 41.7 Å². The number of aliphatic hydroxyl groups is 1. The molecule has 3 unspecified atom stereocenters. The number of rotatable bonds is 6. The van der Waals surface area contributed by atoms with Crippen LogP contribution in [0.5, 0.6) is 0 Å². The van der Waals surface area contributed by atoms with E-state index in [9.17, 15) is 9.50 Å². The predicted molar refractivity (Wildman–Crippen MR) is 123 cm³/mol. The molecule has 0 aliphatic heterocycles. The van der Waals surface area contributed by atoms with Gasteiger partial charge in [-0.2, -0.15) is 0 Å². The third kappa shape index (κ3) is 5.95. The standard InChI is InChI=1S/C21H26BFOPS.Tl/c1-6-14(2)21(3,4)20(24)25-26-13-12-16-18(23)11-10-15-8-7-9-17(22-5)19(15)16;/h7-11,14,20,24-25H,6H2,1-5H3;. The third-order valence-electron chi connectivity index (χ3n) is 5.32. The van der Waals surface area contributed by atoms with E-state index in [0.717, 1.165) is 22.7 Å². The molecule has 0 heterocycles. The molecule has 1 N–H and O–H groups in total. The summed E-state index contributed by atoms with van der Waals surface area (Å²) in [5.41, 5.74) is 1.26. The van der Waals surface area contributed by atoms with Crippen LogP contribution in [0.15, 0.2) is 30.3 Å². The number of fused-ring (bicyclic) bond motifs is 1. The topological polar surface area (TPSA) is 20.2 Å². The predicted octanol–water partition coefficient (Wildman–Crippen LogP) is 5.00. The van der Waals surface area contributed by atoms with Gasteiger partial charge in [0.15, 0.2) is 0 Å². The second-order valence-electron chi connectivity index (χ2n) is 7.14. The van der Waals surface area contributed by atoms with E-state index in [1.165, 1.54) is 17.4 Å². The summed E-state index contributed by atoms with van der Waals surface area (Å²) < 4.78 is 14.4. The fourth-order valence-corrected chi connectivity index (χ4v) is 5.34. The maximum absolute atomic E-state index is 14.4. The molecule has 1 nitrogen and oxygen atoms in total. The molecule has 6 heteroatoms. The molecule has 0 fully saturated rings. The van der Waals surface area contributed by atoms with E-state index < -0.39 is 5.85 Å². The average Bonchev–Trinajstić information content (AvgIpc) is 2.64. The van der Waals surface area contributed by atoms with Crippen LogP contribution < -0.4 is 5.46 Å². The van der Waals surface area contributed by atoms with Crippen molar-refractivity contribution >= 4 is 70.0 Å². The summed E-state index contributed by atoms with van der Waals surface area (Å²) in [5.74, 6) is 2.70.